The lowest BCUT2D eigenvalue weighted by Gasteiger charge is -2.32. The molecule has 0 radical (unpaired) electrons. The van der Waals surface area contributed by atoms with E-state index < -0.39 is 0 Å². The van der Waals surface area contributed by atoms with E-state index in [1.165, 1.54) is 31.2 Å². The second-order valence-electron chi connectivity index (χ2n) is 6.54. The number of hydrogen-bond donors (Lipinski definition) is 2. The van der Waals surface area contributed by atoms with E-state index in [0.29, 0.717) is 0 Å². The second-order valence-corrected chi connectivity index (χ2v) is 6.95. The summed E-state index contributed by atoms with van der Waals surface area (Å²) in [6.45, 7) is 7.44. The zero-order chi connectivity index (χ0) is 17.2. The van der Waals surface area contributed by atoms with Crippen molar-refractivity contribution in [2.45, 2.75) is 39.2 Å². The summed E-state index contributed by atoms with van der Waals surface area (Å²) in [6, 6.07) is 8.16. The lowest BCUT2D eigenvalue weighted by molar-refractivity contribution is 0.178. The lowest BCUT2D eigenvalue weighted by atomic mass is 9.96. The molecule has 1 aliphatic heterocycles. The topological polar surface area (TPSA) is 39.7 Å². The van der Waals surface area contributed by atoms with E-state index in [-0.39, 0.29) is 24.0 Å². The van der Waals surface area contributed by atoms with Gasteiger partial charge in [-0.3, -0.25) is 9.89 Å². The average molecular weight is 479 g/mol. The third-order valence-corrected chi connectivity index (χ3v) is 5.03. The Bertz CT molecular complexity index is 516. The molecule has 2 rings (SSSR count). The van der Waals surface area contributed by atoms with E-state index in [0.717, 1.165) is 49.6 Å². The van der Waals surface area contributed by atoms with Crippen LogP contribution >= 0.6 is 35.6 Å². The van der Waals surface area contributed by atoms with Gasteiger partial charge in [0.05, 0.1) is 0 Å². The summed E-state index contributed by atoms with van der Waals surface area (Å²) in [7, 11) is 1.84. The van der Waals surface area contributed by atoms with Gasteiger partial charge < -0.3 is 10.6 Å². The van der Waals surface area contributed by atoms with Gasteiger partial charge in [0, 0.05) is 31.7 Å². The van der Waals surface area contributed by atoms with Gasteiger partial charge in [-0.25, -0.2) is 0 Å². The number of nitrogens with zero attached hydrogens (tertiary/aromatic N) is 2. The highest BCUT2D eigenvalue weighted by molar-refractivity contribution is 14.0. The van der Waals surface area contributed by atoms with Gasteiger partial charge in [-0.2, -0.15) is 0 Å². The highest BCUT2D eigenvalue weighted by atomic mass is 127. The molecule has 0 unspecified atom stereocenters. The van der Waals surface area contributed by atoms with Crippen molar-refractivity contribution in [2.75, 3.05) is 33.2 Å². The molecule has 0 saturated carbocycles. The van der Waals surface area contributed by atoms with Gasteiger partial charge in [-0.1, -0.05) is 43.1 Å². The summed E-state index contributed by atoms with van der Waals surface area (Å²) in [5.41, 5.74) is 1.23. The van der Waals surface area contributed by atoms with Crippen LogP contribution in [0.3, 0.4) is 0 Å². The van der Waals surface area contributed by atoms with Crippen LogP contribution in [0.4, 0.5) is 0 Å². The van der Waals surface area contributed by atoms with Gasteiger partial charge in [-0.05, 0) is 49.9 Å². The van der Waals surface area contributed by atoms with Crippen LogP contribution in [-0.2, 0) is 6.54 Å². The quantitative estimate of drug-likeness (QED) is 0.268. The third-order valence-electron chi connectivity index (χ3n) is 4.66. The van der Waals surface area contributed by atoms with Gasteiger partial charge >= 0.3 is 0 Å². The van der Waals surface area contributed by atoms with E-state index in [2.05, 4.69) is 39.6 Å². The van der Waals surface area contributed by atoms with E-state index in [9.17, 15) is 0 Å². The number of unbranched alkanes of at least 4 members (excludes halogenated alkanes) is 1. The Balaban J connectivity index is 0.00000312. The summed E-state index contributed by atoms with van der Waals surface area (Å²) in [6.07, 6.45) is 4.84. The van der Waals surface area contributed by atoms with Crippen LogP contribution in [0.5, 0.6) is 0 Å². The van der Waals surface area contributed by atoms with Crippen molar-refractivity contribution in [3.8, 4) is 0 Å². The maximum atomic E-state index is 6.27. The Morgan fingerprint density at radius 3 is 2.60 bits per heavy atom. The molecule has 6 heteroatoms. The predicted octanol–water partition coefficient (Wildman–Crippen LogP) is 4.14. The minimum absolute atomic E-state index is 0. The first-order valence-electron chi connectivity index (χ1n) is 9.13. The zero-order valence-corrected chi connectivity index (χ0v) is 18.5. The number of aliphatic imine (C=N–C) groups is 1. The molecule has 0 bridgehead atoms. The molecule has 0 atom stereocenters. The Morgan fingerprint density at radius 2 is 1.96 bits per heavy atom. The maximum Gasteiger partial charge on any atom is 0.190 e. The predicted molar refractivity (Wildman–Crippen MR) is 119 cm³/mol. The molecule has 1 aliphatic rings. The van der Waals surface area contributed by atoms with Crippen molar-refractivity contribution in [1.82, 2.24) is 15.5 Å². The largest absolute Gasteiger partial charge is 0.356 e. The SMILES string of the molecule is CCCCNC(=NC)NCC1CCN(Cc2ccccc2Cl)CC1.I. The van der Waals surface area contributed by atoms with Crippen LogP contribution < -0.4 is 10.6 Å². The van der Waals surface area contributed by atoms with Crippen LogP contribution in [0.15, 0.2) is 29.3 Å². The van der Waals surface area contributed by atoms with E-state index >= 15 is 0 Å². The number of halogens is 2. The summed E-state index contributed by atoms with van der Waals surface area (Å²) < 4.78 is 0. The number of piperidine rings is 1. The van der Waals surface area contributed by atoms with Crippen LogP contribution in [0.25, 0.3) is 0 Å². The first-order valence-corrected chi connectivity index (χ1v) is 9.51. The van der Waals surface area contributed by atoms with Crippen molar-refractivity contribution < 1.29 is 0 Å². The molecule has 0 amide bonds. The molecule has 1 aromatic carbocycles. The standard InChI is InChI=1S/C19H31ClN4.HI/c1-3-4-11-22-19(21-2)23-14-16-9-12-24(13-10-16)15-17-7-5-6-8-18(17)20;/h5-8,16H,3-4,9-15H2,1-2H3,(H2,21,22,23);1H. The van der Waals surface area contributed by atoms with Gasteiger partial charge in [0.15, 0.2) is 5.96 Å². The third kappa shape index (κ3) is 8.13. The van der Waals surface area contributed by atoms with Crippen LogP contribution in [0.1, 0.15) is 38.2 Å². The van der Waals surface area contributed by atoms with Crippen LogP contribution in [0, 0.1) is 5.92 Å². The van der Waals surface area contributed by atoms with E-state index in [1.807, 2.05) is 19.2 Å². The molecule has 142 valence electrons. The normalized spacial score (nSPS) is 16.4. The highest BCUT2D eigenvalue weighted by Crippen LogP contribution is 2.21. The molecular formula is C19H32ClIN4. The van der Waals surface area contributed by atoms with Crippen molar-refractivity contribution in [3.05, 3.63) is 34.9 Å². The number of rotatable bonds is 7. The summed E-state index contributed by atoms with van der Waals surface area (Å²) in [5.74, 6) is 1.65. The van der Waals surface area contributed by atoms with Crippen molar-refractivity contribution in [1.29, 1.82) is 0 Å². The fraction of sp³-hybridized carbons (Fsp3) is 0.632. The first kappa shape index (κ1) is 22.5. The fourth-order valence-electron chi connectivity index (χ4n) is 3.06. The van der Waals surface area contributed by atoms with Crippen LogP contribution in [-0.4, -0.2) is 44.1 Å². The zero-order valence-electron chi connectivity index (χ0n) is 15.4. The number of nitrogens with one attached hydrogen (secondary N) is 2. The number of hydrogen-bond acceptors (Lipinski definition) is 2. The van der Waals surface area contributed by atoms with Crippen LogP contribution in [0.2, 0.25) is 5.02 Å². The number of guanidine groups is 1. The van der Waals surface area contributed by atoms with E-state index in [1.54, 1.807) is 0 Å². The van der Waals surface area contributed by atoms with E-state index in [4.69, 9.17) is 11.6 Å². The molecule has 1 aromatic rings. The number of likely N-dealkylation sites (tertiary alicyclic amines) is 1. The van der Waals surface area contributed by atoms with Crippen molar-refractivity contribution >= 4 is 41.5 Å². The molecule has 25 heavy (non-hydrogen) atoms. The fourth-order valence-corrected chi connectivity index (χ4v) is 3.26. The van der Waals surface area contributed by atoms with Gasteiger partial charge in [0.2, 0.25) is 0 Å². The molecule has 1 fully saturated rings. The van der Waals surface area contributed by atoms with Gasteiger partial charge in [0.25, 0.3) is 0 Å². The van der Waals surface area contributed by atoms with Crippen molar-refractivity contribution in [2.24, 2.45) is 10.9 Å². The summed E-state index contributed by atoms with van der Waals surface area (Å²) in [4.78, 5) is 6.80. The Hall–Kier alpha value is -0.530. The average Bonchev–Trinajstić information content (AvgIpc) is 2.61. The Labute approximate surface area is 174 Å². The monoisotopic (exact) mass is 478 g/mol. The minimum Gasteiger partial charge on any atom is -0.356 e. The molecule has 0 aromatic heterocycles. The molecule has 1 heterocycles. The molecule has 1 saturated heterocycles. The molecule has 4 nitrogen and oxygen atoms in total. The van der Waals surface area contributed by atoms with Gasteiger partial charge in [-0.15, -0.1) is 24.0 Å². The van der Waals surface area contributed by atoms with Crippen molar-refractivity contribution in [3.63, 3.8) is 0 Å². The lowest BCUT2D eigenvalue weighted by Crippen LogP contribution is -2.43. The summed E-state index contributed by atoms with van der Waals surface area (Å²) in [5, 5.41) is 7.72. The Morgan fingerprint density at radius 1 is 1.24 bits per heavy atom. The molecule has 2 N–H and O–H groups in total. The highest BCUT2D eigenvalue weighted by Gasteiger charge is 2.19. The maximum absolute atomic E-state index is 6.27. The smallest absolute Gasteiger partial charge is 0.190 e. The minimum atomic E-state index is 0. The summed E-state index contributed by atoms with van der Waals surface area (Å²) >= 11 is 6.27. The number of benzene rings is 1. The molecule has 0 aliphatic carbocycles. The Kier molecular flexibility index (Phi) is 11.5. The first-order chi connectivity index (χ1) is 11.7. The molecular weight excluding hydrogens is 447 g/mol. The second kappa shape index (κ2) is 12.8. The molecule has 0 spiro atoms. The van der Waals surface area contributed by atoms with Gasteiger partial charge in [0.1, 0.15) is 0 Å².